The first kappa shape index (κ1) is 15.5. The fourth-order valence-electron chi connectivity index (χ4n) is 2.47. The Kier molecular flexibility index (Phi) is 4.78. The predicted molar refractivity (Wildman–Crippen MR) is 94.2 cm³/mol. The number of anilines is 1. The van der Waals surface area contributed by atoms with Crippen molar-refractivity contribution in [2.45, 2.75) is 0 Å². The van der Waals surface area contributed by atoms with Gasteiger partial charge in [-0.05, 0) is 52.3 Å². The zero-order chi connectivity index (χ0) is 15.5. The standard InChI is InChI=1S/C16H15Br2N3O/c17-13-3-1-12(2-4-13)16(22)21-9-7-20(8-10-21)15-6-5-14(18)11-19-15/h1-6,11H,7-10H2. The van der Waals surface area contributed by atoms with E-state index in [9.17, 15) is 4.79 Å². The van der Waals surface area contributed by atoms with E-state index in [2.05, 4.69) is 41.7 Å². The molecule has 0 bridgehead atoms. The van der Waals surface area contributed by atoms with Crippen molar-refractivity contribution in [3.05, 3.63) is 57.1 Å². The lowest BCUT2D eigenvalue weighted by atomic mass is 10.2. The molecule has 0 spiro atoms. The highest BCUT2D eigenvalue weighted by Gasteiger charge is 2.22. The molecule has 0 atom stereocenters. The Hall–Kier alpha value is -1.40. The van der Waals surface area contributed by atoms with Crippen LogP contribution in [0.2, 0.25) is 0 Å². The van der Waals surface area contributed by atoms with Crippen LogP contribution in [0.1, 0.15) is 10.4 Å². The van der Waals surface area contributed by atoms with Crippen molar-refractivity contribution in [1.29, 1.82) is 0 Å². The Morgan fingerprint density at radius 3 is 2.14 bits per heavy atom. The first-order chi connectivity index (χ1) is 10.6. The Morgan fingerprint density at radius 2 is 1.55 bits per heavy atom. The second kappa shape index (κ2) is 6.79. The van der Waals surface area contributed by atoms with E-state index in [0.717, 1.165) is 33.4 Å². The number of piperazine rings is 1. The van der Waals surface area contributed by atoms with Gasteiger partial charge in [-0.2, -0.15) is 0 Å². The molecule has 1 fully saturated rings. The van der Waals surface area contributed by atoms with Gasteiger partial charge in [-0.25, -0.2) is 4.98 Å². The maximum Gasteiger partial charge on any atom is 0.253 e. The largest absolute Gasteiger partial charge is 0.353 e. The summed E-state index contributed by atoms with van der Waals surface area (Å²) in [6, 6.07) is 11.5. The van der Waals surface area contributed by atoms with Gasteiger partial charge in [-0.3, -0.25) is 4.79 Å². The van der Waals surface area contributed by atoms with Crippen LogP contribution in [-0.4, -0.2) is 42.0 Å². The van der Waals surface area contributed by atoms with E-state index in [1.165, 1.54) is 0 Å². The van der Waals surface area contributed by atoms with Crippen molar-refractivity contribution < 1.29 is 4.79 Å². The average Bonchev–Trinajstić information content (AvgIpc) is 2.56. The minimum absolute atomic E-state index is 0.0934. The minimum atomic E-state index is 0.0934. The van der Waals surface area contributed by atoms with Crippen molar-refractivity contribution in [3.63, 3.8) is 0 Å². The Bertz CT molecular complexity index is 650. The third kappa shape index (κ3) is 3.50. The SMILES string of the molecule is O=C(c1ccc(Br)cc1)N1CCN(c2ccc(Br)cn2)CC1. The molecule has 0 N–H and O–H groups in total. The fourth-order valence-corrected chi connectivity index (χ4v) is 2.97. The van der Waals surface area contributed by atoms with E-state index in [1.54, 1.807) is 6.20 Å². The van der Waals surface area contributed by atoms with Crippen LogP contribution in [0, 0.1) is 0 Å². The molecular weight excluding hydrogens is 410 g/mol. The van der Waals surface area contributed by atoms with Gasteiger partial charge < -0.3 is 9.80 Å². The van der Waals surface area contributed by atoms with Crippen LogP contribution >= 0.6 is 31.9 Å². The van der Waals surface area contributed by atoms with E-state index >= 15 is 0 Å². The van der Waals surface area contributed by atoms with E-state index in [-0.39, 0.29) is 5.91 Å². The van der Waals surface area contributed by atoms with Crippen molar-refractivity contribution in [2.24, 2.45) is 0 Å². The molecule has 1 amide bonds. The molecule has 2 aromatic rings. The smallest absolute Gasteiger partial charge is 0.253 e. The Morgan fingerprint density at radius 1 is 0.909 bits per heavy atom. The molecule has 1 saturated heterocycles. The summed E-state index contributed by atoms with van der Waals surface area (Å²) in [6.45, 7) is 3.03. The zero-order valence-electron chi connectivity index (χ0n) is 11.9. The zero-order valence-corrected chi connectivity index (χ0v) is 15.0. The lowest BCUT2D eigenvalue weighted by Crippen LogP contribution is -2.49. The molecule has 2 heterocycles. The summed E-state index contributed by atoms with van der Waals surface area (Å²) in [5.41, 5.74) is 0.735. The number of nitrogens with zero attached hydrogens (tertiary/aromatic N) is 3. The number of benzene rings is 1. The number of carbonyl (C=O) groups excluding carboxylic acids is 1. The molecule has 0 unspecified atom stereocenters. The van der Waals surface area contributed by atoms with Crippen molar-refractivity contribution in [2.75, 3.05) is 31.1 Å². The van der Waals surface area contributed by atoms with Gasteiger partial charge in [-0.1, -0.05) is 15.9 Å². The van der Waals surface area contributed by atoms with Gasteiger partial charge in [-0.15, -0.1) is 0 Å². The Balaban J connectivity index is 1.62. The maximum atomic E-state index is 12.5. The number of aromatic nitrogens is 1. The molecular formula is C16H15Br2N3O. The van der Waals surface area contributed by atoms with Gasteiger partial charge in [0.1, 0.15) is 5.82 Å². The molecule has 3 rings (SSSR count). The molecule has 114 valence electrons. The van der Waals surface area contributed by atoms with Crippen LogP contribution in [0.3, 0.4) is 0 Å². The maximum absolute atomic E-state index is 12.5. The second-order valence-corrected chi connectivity index (χ2v) is 6.95. The predicted octanol–water partition coefficient (Wildman–Crippen LogP) is 3.57. The quantitative estimate of drug-likeness (QED) is 0.739. The van der Waals surface area contributed by atoms with Gasteiger partial charge in [0.2, 0.25) is 0 Å². The fraction of sp³-hybridized carbons (Fsp3) is 0.250. The highest BCUT2D eigenvalue weighted by Crippen LogP contribution is 2.18. The monoisotopic (exact) mass is 423 g/mol. The van der Waals surface area contributed by atoms with Crippen molar-refractivity contribution in [1.82, 2.24) is 9.88 Å². The van der Waals surface area contributed by atoms with Gasteiger partial charge in [0.15, 0.2) is 0 Å². The molecule has 0 saturated carbocycles. The molecule has 1 aromatic heterocycles. The number of hydrogen-bond acceptors (Lipinski definition) is 3. The summed E-state index contributed by atoms with van der Waals surface area (Å²) in [4.78, 5) is 21.0. The van der Waals surface area contributed by atoms with Crippen LogP contribution in [-0.2, 0) is 0 Å². The number of pyridine rings is 1. The average molecular weight is 425 g/mol. The first-order valence-corrected chi connectivity index (χ1v) is 8.63. The van der Waals surface area contributed by atoms with Gasteiger partial charge in [0, 0.05) is 46.9 Å². The molecule has 4 nitrogen and oxygen atoms in total. The van der Waals surface area contributed by atoms with Crippen LogP contribution < -0.4 is 4.90 Å². The van der Waals surface area contributed by atoms with Crippen LogP contribution in [0.15, 0.2) is 51.5 Å². The number of carbonyl (C=O) groups is 1. The van der Waals surface area contributed by atoms with Crippen LogP contribution in [0.4, 0.5) is 5.82 Å². The van der Waals surface area contributed by atoms with E-state index in [1.807, 2.05) is 41.3 Å². The second-order valence-electron chi connectivity index (χ2n) is 5.12. The van der Waals surface area contributed by atoms with Gasteiger partial charge in [0.05, 0.1) is 0 Å². The van der Waals surface area contributed by atoms with Gasteiger partial charge >= 0.3 is 0 Å². The van der Waals surface area contributed by atoms with Crippen molar-refractivity contribution in [3.8, 4) is 0 Å². The molecule has 1 aromatic carbocycles. The lowest BCUT2D eigenvalue weighted by molar-refractivity contribution is 0.0746. The molecule has 0 radical (unpaired) electrons. The minimum Gasteiger partial charge on any atom is -0.353 e. The third-order valence-corrected chi connectivity index (χ3v) is 4.69. The molecule has 6 heteroatoms. The number of halogens is 2. The summed E-state index contributed by atoms with van der Waals surface area (Å²) >= 11 is 6.78. The molecule has 22 heavy (non-hydrogen) atoms. The molecule has 0 aliphatic carbocycles. The van der Waals surface area contributed by atoms with Gasteiger partial charge in [0.25, 0.3) is 5.91 Å². The van der Waals surface area contributed by atoms with Crippen molar-refractivity contribution >= 4 is 43.6 Å². The lowest BCUT2D eigenvalue weighted by Gasteiger charge is -2.35. The topological polar surface area (TPSA) is 36.4 Å². The molecule has 1 aliphatic heterocycles. The van der Waals surface area contributed by atoms with E-state index in [4.69, 9.17) is 0 Å². The summed E-state index contributed by atoms with van der Waals surface area (Å²) in [5.74, 6) is 1.05. The first-order valence-electron chi connectivity index (χ1n) is 7.05. The third-order valence-electron chi connectivity index (χ3n) is 3.69. The highest BCUT2D eigenvalue weighted by atomic mass is 79.9. The number of rotatable bonds is 2. The number of amides is 1. The summed E-state index contributed by atoms with van der Waals surface area (Å²) in [6.07, 6.45) is 1.80. The summed E-state index contributed by atoms with van der Waals surface area (Å²) < 4.78 is 1.95. The Labute approximate surface area is 146 Å². The summed E-state index contributed by atoms with van der Waals surface area (Å²) in [7, 11) is 0. The van der Waals surface area contributed by atoms with E-state index < -0.39 is 0 Å². The van der Waals surface area contributed by atoms with Crippen LogP contribution in [0.25, 0.3) is 0 Å². The normalized spacial score (nSPS) is 15.0. The highest BCUT2D eigenvalue weighted by molar-refractivity contribution is 9.10. The molecule has 1 aliphatic rings. The van der Waals surface area contributed by atoms with E-state index in [0.29, 0.717) is 13.1 Å². The summed E-state index contributed by atoms with van der Waals surface area (Å²) in [5, 5.41) is 0. The van der Waals surface area contributed by atoms with Crippen LogP contribution in [0.5, 0.6) is 0 Å². The number of hydrogen-bond donors (Lipinski definition) is 0.